The summed E-state index contributed by atoms with van der Waals surface area (Å²) in [6, 6.07) is 4.61. The molecule has 2 aliphatic carbocycles. The van der Waals surface area contributed by atoms with Crippen LogP contribution in [-0.2, 0) is 5.41 Å². The van der Waals surface area contributed by atoms with Crippen LogP contribution in [0.15, 0.2) is 70.0 Å². The van der Waals surface area contributed by atoms with Gasteiger partial charge in [0.2, 0.25) is 0 Å². The summed E-state index contributed by atoms with van der Waals surface area (Å²) in [5, 5.41) is 5.57. The highest BCUT2D eigenvalue weighted by Gasteiger charge is 2.38. The third-order valence-corrected chi connectivity index (χ3v) is 10.4. The van der Waals surface area contributed by atoms with Crippen molar-refractivity contribution in [2.24, 2.45) is 16.3 Å². The lowest BCUT2D eigenvalue weighted by atomic mass is 9.73. The topological polar surface area (TPSA) is 27.6 Å². The number of piperidine rings is 1. The molecule has 3 nitrogen and oxygen atoms in total. The third-order valence-electron chi connectivity index (χ3n) is 9.28. The summed E-state index contributed by atoms with van der Waals surface area (Å²) in [4.78, 5) is 9.36. The first-order chi connectivity index (χ1) is 20.1. The molecule has 1 unspecified atom stereocenters. The highest BCUT2D eigenvalue weighted by atomic mass is 32.1. The number of rotatable bonds is 9. The average Bonchev–Trinajstić information content (AvgIpc) is 3.42. The van der Waals surface area contributed by atoms with Crippen LogP contribution in [0, 0.1) is 11.3 Å². The zero-order chi connectivity index (χ0) is 30.6. The highest BCUT2D eigenvalue weighted by molar-refractivity contribution is 7.10. The van der Waals surface area contributed by atoms with Crippen molar-refractivity contribution in [1.82, 2.24) is 10.2 Å². The molecule has 42 heavy (non-hydrogen) atoms. The molecule has 2 heterocycles. The van der Waals surface area contributed by atoms with Gasteiger partial charge in [-0.2, -0.15) is 0 Å². The van der Waals surface area contributed by atoms with Gasteiger partial charge < -0.3 is 10.2 Å². The Kier molecular flexibility index (Phi) is 13.7. The van der Waals surface area contributed by atoms with E-state index in [0.717, 1.165) is 24.6 Å². The van der Waals surface area contributed by atoms with Crippen molar-refractivity contribution >= 4 is 17.0 Å². The number of hydrogen-bond acceptors (Lipinski definition) is 4. The second kappa shape index (κ2) is 16.7. The Bertz CT molecular complexity index is 1090. The van der Waals surface area contributed by atoms with Crippen molar-refractivity contribution in [3.05, 3.63) is 69.9 Å². The molecule has 1 atom stereocenters. The van der Waals surface area contributed by atoms with Gasteiger partial charge in [0.1, 0.15) is 0 Å². The normalized spacial score (nSPS) is 22.5. The number of likely N-dealkylation sites (tertiary alicyclic amines) is 1. The van der Waals surface area contributed by atoms with E-state index >= 15 is 0 Å². The largest absolute Gasteiger partial charge is 0.375 e. The van der Waals surface area contributed by atoms with Crippen LogP contribution >= 0.6 is 11.3 Å². The number of hydrogen-bond donors (Lipinski definition) is 1. The highest BCUT2D eigenvalue weighted by Crippen LogP contribution is 2.43. The van der Waals surface area contributed by atoms with E-state index < -0.39 is 0 Å². The van der Waals surface area contributed by atoms with Gasteiger partial charge in [0.15, 0.2) is 0 Å². The minimum atomic E-state index is 0.223. The molecule has 1 aromatic heterocycles. The molecular weight excluding hydrogens is 531 g/mol. The SMILES string of the molecule is C/C=C(/N1CCC(CCN=C2CCCC(C)CC2)(c2cccs2)CC1)C(C)(C)C.C=C(C)NC1=CCCC=C1CCC. The minimum absolute atomic E-state index is 0.223. The van der Waals surface area contributed by atoms with Crippen LogP contribution in [0.25, 0.3) is 0 Å². The summed E-state index contributed by atoms with van der Waals surface area (Å²) in [6.07, 6.45) is 21.9. The first-order valence-corrected chi connectivity index (χ1v) is 17.8. The van der Waals surface area contributed by atoms with Gasteiger partial charge >= 0.3 is 0 Å². The molecule has 1 saturated carbocycles. The number of nitrogens with one attached hydrogen (secondary N) is 1. The Hall–Kier alpha value is -2.07. The van der Waals surface area contributed by atoms with E-state index in [4.69, 9.17) is 4.99 Å². The number of aliphatic imine (C=N–C) groups is 1. The van der Waals surface area contributed by atoms with Crippen LogP contribution in [0.2, 0.25) is 0 Å². The van der Waals surface area contributed by atoms with E-state index in [1.165, 1.54) is 106 Å². The maximum Gasteiger partial charge on any atom is 0.0397 e. The molecule has 2 fully saturated rings. The number of thiophene rings is 1. The second-order valence-electron chi connectivity index (χ2n) is 14.0. The molecule has 4 rings (SSSR count). The van der Waals surface area contributed by atoms with Gasteiger partial charge in [-0.15, -0.1) is 11.3 Å². The lowest BCUT2D eigenvalue weighted by Gasteiger charge is -2.45. The third kappa shape index (κ3) is 10.3. The van der Waals surface area contributed by atoms with Gasteiger partial charge in [0, 0.05) is 58.1 Å². The summed E-state index contributed by atoms with van der Waals surface area (Å²) >= 11 is 1.96. The first kappa shape index (κ1) is 34.4. The van der Waals surface area contributed by atoms with Crippen LogP contribution in [0.4, 0.5) is 0 Å². The molecule has 0 bridgehead atoms. The van der Waals surface area contributed by atoms with Crippen molar-refractivity contribution in [1.29, 1.82) is 0 Å². The smallest absolute Gasteiger partial charge is 0.0397 e. The zero-order valence-corrected chi connectivity index (χ0v) is 29.0. The maximum absolute atomic E-state index is 5.13. The number of allylic oxidation sites excluding steroid dienone is 6. The van der Waals surface area contributed by atoms with Crippen LogP contribution in [-0.4, -0.2) is 30.2 Å². The van der Waals surface area contributed by atoms with Crippen molar-refractivity contribution in [2.75, 3.05) is 19.6 Å². The van der Waals surface area contributed by atoms with Gasteiger partial charge in [-0.05, 0) is 101 Å². The number of nitrogens with zero attached hydrogens (tertiary/aromatic N) is 2. The minimum Gasteiger partial charge on any atom is -0.375 e. The van der Waals surface area contributed by atoms with Gasteiger partial charge in [-0.25, -0.2) is 0 Å². The first-order valence-electron chi connectivity index (χ1n) is 16.9. The Labute approximate surface area is 263 Å². The maximum atomic E-state index is 5.13. The Morgan fingerprint density at radius 1 is 1.17 bits per heavy atom. The molecule has 3 aliphatic rings. The Morgan fingerprint density at radius 2 is 1.90 bits per heavy atom. The molecule has 0 radical (unpaired) electrons. The van der Waals surface area contributed by atoms with E-state index in [-0.39, 0.29) is 5.41 Å². The Balaban J connectivity index is 0.000000312. The summed E-state index contributed by atoms with van der Waals surface area (Å²) < 4.78 is 0. The molecule has 1 saturated heterocycles. The van der Waals surface area contributed by atoms with Crippen molar-refractivity contribution in [2.45, 2.75) is 131 Å². The predicted octanol–water partition coefficient (Wildman–Crippen LogP) is 11.0. The molecule has 234 valence electrons. The molecule has 0 spiro atoms. The zero-order valence-electron chi connectivity index (χ0n) is 28.2. The van der Waals surface area contributed by atoms with Crippen LogP contribution in [0.1, 0.15) is 130 Å². The van der Waals surface area contributed by atoms with Gasteiger partial charge in [-0.3, -0.25) is 4.99 Å². The lowest BCUT2D eigenvalue weighted by Crippen LogP contribution is -2.44. The molecule has 1 N–H and O–H groups in total. The molecule has 0 aromatic carbocycles. The van der Waals surface area contributed by atoms with E-state index in [1.807, 2.05) is 18.3 Å². The summed E-state index contributed by atoms with van der Waals surface area (Å²) in [6.45, 7) is 23.1. The lowest BCUT2D eigenvalue weighted by molar-refractivity contribution is 0.162. The molecule has 1 aliphatic heterocycles. The van der Waals surface area contributed by atoms with Crippen molar-refractivity contribution in [3.8, 4) is 0 Å². The molecule has 4 heteroatoms. The molecular formula is C38H61N3S. The predicted molar refractivity (Wildman–Crippen MR) is 187 cm³/mol. The summed E-state index contributed by atoms with van der Waals surface area (Å²) in [7, 11) is 0. The molecule has 0 amide bonds. The summed E-state index contributed by atoms with van der Waals surface area (Å²) in [5.74, 6) is 0.883. The molecule has 1 aromatic rings. The standard InChI is InChI=1S/C26H42N2S.C12H19N/c1-6-23(25(3,4)5)28-18-15-26(16-19-28,24-11-8-20-29-24)14-17-27-22-10-7-9-21(2)12-13-22;1-4-7-11-8-5-6-9-12(11)13-10(2)3/h6,8,11,20-21H,7,9-10,12-19H2,1-5H3;8-9,13H,2,4-7H2,1,3H3/b23-6+,27-22?;. The summed E-state index contributed by atoms with van der Waals surface area (Å²) in [5.41, 5.74) is 7.30. The van der Waals surface area contributed by atoms with Gasteiger partial charge in [0.05, 0.1) is 0 Å². The van der Waals surface area contributed by atoms with Crippen molar-refractivity contribution < 1.29 is 0 Å². The Morgan fingerprint density at radius 3 is 2.52 bits per heavy atom. The second-order valence-corrected chi connectivity index (χ2v) is 14.9. The fourth-order valence-electron chi connectivity index (χ4n) is 6.98. The monoisotopic (exact) mass is 591 g/mol. The van der Waals surface area contributed by atoms with E-state index in [2.05, 4.69) is 94.1 Å². The van der Waals surface area contributed by atoms with E-state index in [9.17, 15) is 0 Å². The van der Waals surface area contributed by atoms with Crippen LogP contribution in [0.5, 0.6) is 0 Å². The fraction of sp³-hybridized carbons (Fsp3) is 0.658. The van der Waals surface area contributed by atoms with Crippen LogP contribution < -0.4 is 5.32 Å². The van der Waals surface area contributed by atoms with Gasteiger partial charge in [-0.1, -0.05) is 78.3 Å². The van der Waals surface area contributed by atoms with Gasteiger partial charge in [0.25, 0.3) is 0 Å². The quantitative estimate of drug-likeness (QED) is 0.289. The van der Waals surface area contributed by atoms with E-state index in [1.54, 1.807) is 4.88 Å². The van der Waals surface area contributed by atoms with Crippen molar-refractivity contribution in [3.63, 3.8) is 0 Å². The fourth-order valence-corrected chi connectivity index (χ4v) is 8.00. The average molecular weight is 592 g/mol. The van der Waals surface area contributed by atoms with Crippen LogP contribution in [0.3, 0.4) is 0 Å². The van der Waals surface area contributed by atoms with E-state index in [0.29, 0.717) is 5.41 Å².